The van der Waals surface area contributed by atoms with Crippen molar-refractivity contribution >= 4 is 23.1 Å². The highest BCUT2D eigenvalue weighted by Crippen LogP contribution is 2.45. The molecule has 0 fully saturated rings. The van der Waals surface area contributed by atoms with Gasteiger partial charge in [-0.2, -0.15) is 0 Å². The minimum absolute atomic E-state index is 0.0485. The Morgan fingerprint density at radius 2 is 1.66 bits per heavy atom. The number of rotatable bonds is 7. The number of allylic oxidation sites excluding steroid dienone is 2. The molecule has 0 radical (unpaired) electrons. The number of carbonyl (C=O) groups is 1. The quantitative estimate of drug-likeness (QED) is 0.462. The second-order valence-corrected chi connectivity index (χ2v) is 8.54. The van der Waals surface area contributed by atoms with Crippen LogP contribution in [0.4, 0.5) is 4.39 Å². The summed E-state index contributed by atoms with van der Waals surface area (Å²) in [7, 11) is 4.72. The van der Waals surface area contributed by atoms with Crippen LogP contribution in [0.5, 0.6) is 17.2 Å². The zero-order chi connectivity index (χ0) is 25.1. The molecule has 6 heteroatoms. The van der Waals surface area contributed by atoms with Gasteiger partial charge in [-0.25, -0.2) is 4.39 Å². The summed E-state index contributed by atoms with van der Waals surface area (Å²) in [6.45, 7) is 2.44. The molecule has 0 aliphatic heterocycles. The molecule has 1 amide bonds. The van der Waals surface area contributed by atoms with Crippen molar-refractivity contribution in [2.24, 2.45) is 0 Å². The number of phenols is 1. The summed E-state index contributed by atoms with van der Waals surface area (Å²) in [5, 5.41) is 10.2. The standard InChI is InChI=1S/C29H28FNO4/c1-18-23(12-20-13-26(34-3)29(33)27(14-20)35-4)22-11-10-21(30)15-25(22)24(18)16-28(32)31(2)17-19-8-6-5-7-9-19/h5-15,33H,16-17H2,1-4H3/b23-12+. The molecule has 0 bridgehead atoms. The summed E-state index contributed by atoms with van der Waals surface area (Å²) >= 11 is 0. The predicted molar refractivity (Wildman–Crippen MR) is 136 cm³/mol. The van der Waals surface area contributed by atoms with E-state index in [-0.39, 0.29) is 35.4 Å². The van der Waals surface area contributed by atoms with Crippen LogP contribution in [0.2, 0.25) is 0 Å². The Kier molecular flexibility index (Phi) is 6.92. The molecule has 0 atom stereocenters. The van der Waals surface area contributed by atoms with Gasteiger partial charge >= 0.3 is 0 Å². The van der Waals surface area contributed by atoms with Crippen molar-refractivity contribution in [3.05, 3.63) is 94.3 Å². The van der Waals surface area contributed by atoms with Crippen LogP contribution >= 0.6 is 0 Å². The number of amides is 1. The van der Waals surface area contributed by atoms with Crippen LogP contribution in [0, 0.1) is 5.82 Å². The zero-order valence-electron chi connectivity index (χ0n) is 20.3. The number of phenolic OH excluding ortho intramolecular Hbond substituents is 1. The highest BCUT2D eigenvalue weighted by Gasteiger charge is 2.27. The van der Waals surface area contributed by atoms with Gasteiger partial charge in [-0.15, -0.1) is 0 Å². The van der Waals surface area contributed by atoms with Gasteiger partial charge in [-0.3, -0.25) is 4.79 Å². The predicted octanol–water partition coefficient (Wildman–Crippen LogP) is 5.92. The second-order valence-electron chi connectivity index (χ2n) is 8.54. The van der Waals surface area contributed by atoms with Gasteiger partial charge in [0.2, 0.25) is 11.7 Å². The van der Waals surface area contributed by atoms with Crippen molar-refractivity contribution in [2.45, 2.75) is 19.9 Å². The summed E-state index contributed by atoms with van der Waals surface area (Å²) in [5.41, 5.74) is 5.93. The summed E-state index contributed by atoms with van der Waals surface area (Å²) in [6, 6.07) is 17.8. The summed E-state index contributed by atoms with van der Waals surface area (Å²) in [6.07, 6.45) is 2.09. The largest absolute Gasteiger partial charge is 0.502 e. The SMILES string of the molecule is COc1cc(/C=C2\C(C)=C(CC(=O)N(C)Cc3ccccc3)c3cc(F)ccc32)cc(OC)c1O. The van der Waals surface area contributed by atoms with Crippen LogP contribution in [0.3, 0.4) is 0 Å². The van der Waals surface area contributed by atoms with E-state index in [9.17, 15) is 14.3 Å². The van der Waals surface area contributed by atoms with E-state index < -0.39 is 0 Å². The average molecular weight is 474 g/mol. The van der Waals surface area contributed by atoms with Crippen LogP contribution < -0.4 is 9.47 Å². The van der Waals surface area contributed by atoms with E-state index in [0.29, 0.717) is 12.1 Å². The highest BCUT2D eigenvalue weighted by molar-refractivity contribution is 6.08. The summed E-state index contributed by atoms with van der Waals surface area (Å²) in [5.74, 6) is 0.0910. The lowest BCUT2D eigenvalue weighted by atomic mass is 10.00. The lowest BCUT2D eigenvalue weighted by Gasteiger charge is -2.18. The molecule has 0 aromatic heterocycles. The van der Waals surface area contributed by atoms with E-state index in [1.165, 1.54) is 26.4 Å². The molecule has 5 nitrogen and oxygen atoms in total. The van der Waals surface area contributed by atoms with Crippen LogP contribution in [0.1, 0.15) is 35.6 Å². The first-order valence-corrected chi connectivity index (χ1v) is 11.3. The van der Waals surface area contributed by atoms with Gasteiger partial charge in [-0.1, -0.05) is 36.4 Å². The molecule has 3 aromatic rings. The molecule has 1 aliphatic carbocycles. The van der Waals surface area contributed by atoms with Crippen molar-refractivity contribution in [2.75, 3.05) is 21.3 Å². The number of nitrogens with zero attached hydrogens (tertiary/aromatic N) is 1. The van der Waals surface area contributed by atoms with E-state index in [0.717, 1.165) is 33.4 Å². The number of halogens is 1. The number of benzene rings is 3. The van der Waals surface area contributed by atoms with Gasteiger partial charge in [0.05, 0.1) is 20.6 Å². The lowest BCUT2D eigenvalue weighted by molar-refractivity contribution is -0.129. The Morgan fingerprint density at radius 1 is 1.00 bits per heavy atom. The van der Waals surface area contributed by atoms with Crippen molar-refractivity contribution in [1.82, 2.24) is 4.90 Å². The molecule has 0 heterocycles. The van der Waals surface area contributed by atoms with E-state index in [4.69, 9.17) is 9.47 Å². The molecular formula is C29H28FNO4. The zero-order valence-corrected chi connectivity index (χ0v) is 20.3. The van der Waals surface area contributed by atoms with Crippen molar-refractivity contribution < 1.29 is 23.8 Å². The third kappa shape index (κ3) is 4.92. The van der Waals surface area contributed by atoms with Gasteiger partial charge in [0.25, 0.3) is 0 Å². The van der Waals surface area contributed by atoms with Crippen LogP contribution in [0.15, 0.2) is 66.2 Å². The number of aromatic hydroxyl groups is 1. The first-order chi connectivity index (χ1) is 16.8. The minimum Gasteiger partial charge on any atom is -0.502 e. The van der Waals surface area contributed by atoms with Gasteiger partial charge < -0.3 is 19.5 Å². The van der Waals surface area contributed by atoms with E-state index in [1.54, 1.807) is 30.1 Å². The number of hydrogen-bond acceptors (Lipinski definition) is 4. The van der Waals surface area contributed by atoms with Crippen molar-refractivity contribution in [3.63, 3.8) is 0 Å². The Labute approximate surface area is 204 Å². The fourth-order valence-electron chi connectivity index (χ4n) is 4.38. The monoisotopic (exact) mass is 473 g/mol. The van der Waals surface area contributed by atoms with Crippen molar-refractivity contribution in [3.8, 4) is 17.2 Å². The van der Waals surface area contributed by atoms with Gasteiger partial charge in [0.15, 0.2) is 11.5 Å². The fourth-order valence-corrected chi connectivity index (χ4v) is 4.38. The maximum absolute atomic E-state index is 14.2. The maximum atomic E-state index is 14.2. The maximum Gasteiger partial charge on any atom is 0.227 e. The van der Waals surface area contributed by atoms with Gasteiger partial charge in [-0.05, 0) is 76.2 Å². The van der Waals surface area contributed by atoms with Gasteiger partial charge in [0, 0.05) is 13.6 Å². The summed E-state index contributed by atoms with van der Waals surface area (Å²) in [4.78, 5) is 14.8. The molecule has 0 unspecified atom stereocenters. The van der Waals surface area contributed by atoms with Crippen molar-refractivity contribution in [1.29, 1.82) is 0 Å². The molecule has 3 aromatic carbocycles. The number of methoxy groups -OCH3 is 2. The molecule has 0 saturated carbocycles. The first kappa shape index (κ1) is 24.1. The topological polar surface area (TPSA) is 59.0 Å². The number of fused-ring (bicyclic) bond motifs is 1. The van der Waals surface area contributed by atoms with E-state index in [1.807, 2.05) is 43.3 Å². The Hall–Kier alpha value is -4.06. The molecular weight excluding hydrogens is 445 g/mol. The lowest BCUT2D eigenvalue weighted by Crippen LogP contribution is -2.26. The third-order valence-corrected chi connectivity index (χ3v) is 6.28. The third-order valence-electron chi connectivity index (χ3n) is 6.28. The average Bonchev–Trinajstić information content (AvgIpc) is 3.10. The fraction of sp³-hybridized carbons (Fsp3) is 0.207. The normalized spacial score (nSPS) is 13.7. The summed E-state index contributed by atoms with van der Waals surface area (Å²) < 4.78 is 24.8. The van der Waals surface area contributed by atoms with E-state index >= 15 is 0 Å². The number of ether oxygens (including phenoxy) is 2. The minimum atomic E-state index is -0.353. The van der Waals surface area contributed by atoms with E-state index in [2.05, 4.69) is 0 Å². The highest BCUT2D eigenvalue weighted by atomic mass is 19.1. The molecule has 35 heavy (non-hydrogen) atoms. The first-order valence-electron chi connectivity index (χ1n) is 11.3. The Balaban J connectivity index is 1.71. The van der Waals surface area contributed by atoms with Crippen LogP contribution in [-0.2, 0) is 11.3 Å². The molecule has 1 aliphatic rings. The number of carbonyl (C=O) groups excluding carboxylic acids is 1. The van der Waals surface area contributed by atoms with Crippen LogP contribution in [0.25, 0.3) is 17.2 Å². The Bertz CT molecular complexity index is 1300. The number of hydrogen-bond donors (Lipinski definition) is 1. The smallest absolute Gasteiger partial charge is 0.227 e. The molecule has 0 spiro atoms. The van der Waals surface area contributed by atoms with Crippen LogP contribution in [-0.4, -0.2) is 37.2 Å². The molecule has 1 N–H and O–H groups in total. The Morgan fingerprint density at radius 3 is 2.29 bits per heavy atom. The molecule has 180 valence electrons. The molecule has 0 saturated heterocycles. The molecule has 4 rings (SSSR count). The van der Waals surface area contributed by atoms with Gasteiger partial charge in [0.1, 0.15) is 5.82 Å². The second kappa shape index (κ2) is 10.1.